The third-order valence-corrected chi connectivity index (χ3v) is 11.8. The Morgan fingerprint density at radius 3 is 1.51 bits per heavy atom. The van der Waals surface area contributed by atoms with Gasteiger partial charge in [0.05, 0.1) is 0 Å². The average molecular weight is 697 g/mol. The van der Waals surface area contributed by atoms with Crippen molar-refractivity contribution in [3.8, 4) is 33.4 Å². The normalized spacial score (nSPS) is 12.0. The van der Waals surface area contributed by atoms with E-state index < -0.39 is 0 Å². The lowest BCUT2D eigenvalue weighted by molar-refractivity contribution is 0.673. The Morgan fingerprint density at radius 2 is 0.800 bits per heavy atom. The number of benzene rings is 11. The van der Waals surface area contributed by atoms with E-state index in [0.717, 1.165) is 21.9 Å². The molecule has 0 aliphatic carbocycles. The highest BCUT2D eigenvalue weighted by Gasteiger charge is 2.19. The van der Waals surface area contributed by atoms with E-state index in [2.05, 4.69) is 194 Å². The van der Waals surface area contributed by atoms with Crippen molar-refractivity contribution in [1.82, 2.24) is 0 Å². The van der Waals surface area contributed by atoms with Crippen LogP contribution in [0.15, 0.2) is 199 Å². The summed E-state index contributed by atoms with van der Waals surface area (Å²) in [6.45, 7) is 0. The first-order chi connectivity index (χ1) is 27.3. The second kappa shape index (κ2) is 11.6. The Labute approximate surface area is 317 Å². The van der Waals surface area contributed by atoms with Gasteiger partial charge in [0.1, 0.15) is 11.2 Å². The molecule has 0 radical (unpaired) electrons. The zero-order valence-corrected chi connectivity index (χ0v) is 29.9. The number of hydrogen-bond acceptors (Lipinski definition) is 1. The van der Waals surface area contributed by atoms with Crippen molar-refractivity contribution in [2.24, 2.45) is 0 Å². The summed E-state index contributed by atoms with van der Waals surface area (Å²) in [4.78, 5) is 0. The summed E-state index contributed by atoms with van der Waals surface area (Å²) in [5.41, 5.74) is 9.29. The summed E-state index contributed by atoms with van der Waals surface area (Å²) >= 11 is 0. The predicted molar refractivity (Wildman–Crippen MR) is 235 cm³/mol. The van der Waals surface area contributed by atoms with Crippen LogP contribution >= 0.6 is 0 Å². The molecule has 1 heterocycles. The van der Waals surface area contributed by atoms with Gasteiger partial charge in [0.2, 0.25) is 0 Å². The number of rotatable bonds is 3. The lowest BCUT2D eigenvalue weighted by Crippen LogP contribution is -1.91. The van der Waals surface area contributed by atoms with Crippen LogP contribution in [0.25, 0.3) is 120 Å². The van der Waals surface area contributed by atoms with Gasteiger partial charge < -0.3 is 4.42 Å². The molecule has 0 spiro atoms. The van der Waals surface area contributed by atoms with Crippen molar-refractivity contribution in [3.05, 3.63) is 194 Å². The molecule has 0 saturated heterocycles. The van der Waals surface area contributed by atoms with Crippen molar-refractivity contribution in [3.63, 3.8) is 0 Å². The number of hydrogen-bond donors (Lipinski definition) is 0. The molecule has 0 bridgehead atoms. The Balaban J connectivity index is 1.03. The first-order valence-electron chi connectivity index (χ1n) is 19.0. The van der Waals surface area contributed by atoms with Crippen LogP contribution in [0, 0.1) is 0 Å². The van der Waals surface area contributed by atoms with Gasteiger partial charge in [-0.25, -0.2) is 0 Å². The fourth-order valence-corrected chi connectivity index (χ4v) is 9.32. The SMILES string of the molecule is c1ccc2cc3c(cc2c1)oc1c2ccc(-c4ccc(-c5c6ccccc6c(-c6cccc7ccccc67)c6ccccc56)cc4)cc2c2ccccc2c31. The fraction of sp³-hybridized carbons (Fsp3) is 0. The molecule has 254 valence electrons. The maximum atomic E-state index is 6.72. The van der Waals surface area contributed by atoms with E-state index in [4.69, 9.17) is 4.42 Å². The van der Waals surface area contributed by atoms with Crippen LogP contribution in [0.2, 0.25) is 0 Å². The molecular weight excluding hydrogens is 665 g/mol. The smallest absolute Gasteiger partial charge is 0.143 e. The highest BCUT2D eigenvalue weighted by atomic mass is 16.3. The molecule has 0 fully saturated rings. The molecule has 0 unspecified atom stereocenters. The quantitative estimate of drug-likeness (QED) is 0.132. The van der Waals surface area contributed by atoms with E-state index in [1.54, 1.807) is 0 Å². The van der Waals surface area contributed by atoms with Crippen molar-refractivity contribution in [2.45, 2.75) is 0 Å². The largest absolute Gasteiger partial charge is 0.455 e. The number of furan rings is 1. The van der Waals surface area contributed by atoms with Crippen LogP contribution in [-0.2, 0) is 0 Å². The second-order valence-corrected chi connectivity index (χ2v) is 14.8. The first-order valence-corrected chi connectivity index (χ1v) is 19.0. The van der Waals surface area contributed by atoms with Crippen molar-refractivity contribution >= 4 is 86.6 Å². The molecule has 0 saturated carbocycles. The van der Waals surface area contributed by atoms with Gasteiger partial charge >= 0.3 is 0 Å². The summed E-state index contributed by atoms with van der Waals surface area (Å²) in [7, 11) is 0. The molecule has 0 N–H and O–H groups in total. The summed E-state index contributed by atoms with van der Waals surface area (Å²) in [6, 6.07) is 71.0. The van der Waals surface area contributed by atoms with Gasteiger partial charge in [-0.15, -0.1) is 0 Å². The molecule has 1 nitrogen and oxygen atoms in total. The molecule has 1 aromatic heterocycles. The fourth-order valence-electron chi connectivity index (χ4n) is 9.32. The molecule has 0 amide bonds. The maximum Gasteiger partial charge on any atom is 0.143 e. The molecule has 1 heteroatoms. The molecule has 55 heavy (non-hydrogen) atoms. The molecule has 11 aromatic carbocycles. The lowest BCUT2D eigenvalue weighted by Gasteiger charge is -2.19. The third kappa shape index (κ3) is 4.48. The van der Waals surface area contributed by atoms with E-state index in [1.807, 2.05) is 0 Å². The minimum Gasteiger partial charge on any atom is -0.455 e. The van der Waals surface area contributed by atoms with Crippen LogP contribution in [0.1, 0.15) is 0 Å². The zero-order valence-electron chi connectivity index (χ0n) is 29.9. The first kappa shape index (κ1) is 30.3. The Morgan fingerprint density at radius 1 is 0.273 bits per heavy atom. The van der Waals surface area contributed by atoms with Gasteiger partial charge in [0, 0.05) is 16.2 Å². The van der Waals surface area contributed by atoms with Gasteiger partial charge in [-0.2, -0.15) is 0 Å². The molecule has 0 aliphatic heterocycles. The van der Waals surface area contributed by atoms with E-state index in [9.17, 15) is 0 Å². The number of fused-ring (bicyclic) bond motifs is 12. The third-order valence-electron chi connectivity index (χ3n) is 11.8. The zero-order chi connectivity index (χ0) is 36.0. The highest BCUT2D eigenvalue weighted by Crippen LogP contribution is 2.46. The van der Waals surface area contributed by atoms with Gasteiger partial charge in [0.25, 0.3) is 0 Å². The van der Waals surface area contributed by atoms with E-state index in [-0.39, 0.29) is 0 Å². The van der Waals surface area contributed by atoms with Crippen molar-refractivity contribution in [2.75, 3.05) is 0 Å². The summed E-state index contributed by atoms with van der Waals surface area (Å²) in [5, 5.41) is 17.1. The molecule has 0 atom stereocenters. The summed E-state index contributed by atoms with van der Waals surface area (Å²) in [6.07, 6.45) is 0. The minimum atomic E-state index is 0.927. The monoisotopic (exact) mass is 696 g/mol. The van der Waals surface area contributed by atoms with Crippen LogP contribution in [0.3, 0.4) is 0 Å². The van der Waals surface area contributed by atoms with Crippen molar-refractivity contribution < 1.29 is 4.42 Å². The Kier molecular flexibility index (Phi) is 6.40. The molecular formula is C54H32O. The Bertz CT molecular complexity index is 3470. The molecule has 0 aliphatic rings. The molecule has 12 aromatic rings. The topological polar surface area (TPSA) is 13.1 Å². The van der Waals surface area contributed by atoms with E-state index >= 15 is 0 Å². The lowest BCUT2D eigenvalue weighted by atomic mass is 9.84. The minimum absolute atomic E-state index is 0.927. The standard InChI is InChI=1S/C54H32O/c1-2-14-37-32-50-49(31-36(37)13-1)53-42-18-6-5-17-40(42)48-30-38(28-29-47(48)54(53)55-50)33-24-26-35(27-25-33)51-43-19-7-9-21-45(43)52(46-22-10-8-20-44(46)51)41-23-11-15-34-12-3-4-16-39(34)41/h1-32H. The van der Waals surface area contributed by atoms with Gasteiger partial charge in [0.15, 0.2) is 0 Å². The highest BCUT2D eigenvalue weighted by molar-refractivity contribution is 6.31. The van der Waals surface area contributed by atoms with Crippen LogP contribution in [0.4, 0.5) is 0 Å². The summed E-state index contributed by atoms with van der Waals surface area (Å²) < 4.78 is 6.72. The van der Waals surface area contributed by atoms with Crippen LogP contribution in [0.5, 0.6) is 0 Å². The van der Waals surface area contributed by atoms with Crippen LogP contribution in [-0.4, -0.2) is 0 Å². The second-order valence-electron chi connectivity index (χ2n) is 14.8. The van der Waals surface area contributed by atoms with Crippen LogP contribution < -0.4 is 0 Å². The van der Waals surface area contributed by atoms with E-state index in [0.29, 0.717) is 0 Å². The summed E-state index contributed by atoms with van der Waals surface area (Å²) in [5.74, 6) is 0. The Hall–Kier alpha value is -7.22. The molecule has 12 rings (SSSR count). The van der Waals surface area contributed by atoms with Gasteiger partial charge in [-0.3, -0.25) is 0 Å². The van der Waals surface area contributed by atoms with Crippen molar-refractivity contribution in [1.29, 1.82) is 0 Å². The predicted octanol–water partition coefficient (Wildman–Crippen LogP) is 15.5. The van der Waals surface area contributed by atoms with Gasteiger partial charge in [-0.05, 0) is 117 Å². The average Bonchev–Trinajstić information content (AvgIpc) is 3.63. The van der Waals surface area contributed by atoms with Gasteiger partial charge in [-0.1, -0.05) is 170 Å². The maximum absolute atomic E-state index is 6.72. The van der Waals surface area contributed by atoms with E-state index in [1.165, 1.54) is 98.0 Å².